The van der Waals surface area contributed by atoms with Gasteiger partial charge in [-0.3, -0.25) is 4.79 Å². The normalized spacial score (nSPS) is 12.0. The number of rotatable bonds is 5. The third-order valence-electron chi connectivity index (χ3n) is 2.01. The summed E-state index contributed by atoms with van der Waals surface area (Å²) in [5.74, 6) is -0.822. The van der Waals surface area contributed by atoms with Crippen molar-refractivity contribution in [2.45, 2.75) is 11.1 Å². The molecule has 20 heavy (non-hydrogen) atoms. The molecule has 0 aromatic heterocycles. The first-order valence-corrected chi connectivity index (χ1v) is 6.72. The van der Waals surface area contributed by atoms with Crippen LogP contribution < -0.4 is 15.2 Å². The number of sulfonamides is 1. The molecule has 1 aromatic carbocycles. The van der Waals surface area contributed by atoms with Crippen LogP contribution in [0.15, 0.2) is 29.2 Å². The minimum absolute atomic E-state index is 0.125. The molecule has 3 N–H and O–H groups in total. The van der Waals surface area contributed by atoms with E-state index >= 15 is 0 Å². The van der Waals surface area contributed by atoms with Crippen molar-refractivity contribution in [1.29, 1.82) is 0 Å². The largest absolute Gasteiger partial charge is 0.484 e. The van der Waals surface area contributed by atoms with Gasteiger partial charge >= 0.3 is 6.18 Å². The van der Waals surface area contributed by atoms with Gasteiger partial charge in [0.1, 0.15) is 12.3 Å². The van der Waals surface area contributed by atoms with Crippen LogP contribution in [0.5, 0.6) is 5.75 Å². The predicted octanol–water partition coefficient (Wildman–Crippen LogP) is 0.391. The van der Waals surface area contributed by atoms with Crippen LogP contribution in [0.25, 0.3) is 0 Å². The number of carbonyl (C=O) groups is 1. The van der Waals surface area contributed by atoms with Crippen molar-refractivity contribution in [2.24, 2.45) is 5.14 Å². The average molecular weight is 312 g/mol. The lowest BCUT2D eigenvalue weighted by Crippen LogP contribution is -2.36. The van der Waals surface area contributed by atoms with Crippen LogP contribution in [0.1, 0.15) is 0 Å². The van der Waals surface area contributed by atoms with Crippen molar-refractivity contribution in [3.8, 4) is 5.75 Å². The first-order chi connectivity index (χ1) is 9.08. The van der Waals surface area contributed by atoms with Gasteiger partial charge in [0.15, 0.2) is 6.61 Å². The van der Waals surface area contributed by atoms with Gasteiger partial charge in [-0.25, -0.2) is 13.6 Å². The maximum absolute atomic E-state index is 11.8. The highest BCUT2D eigenvalue weighted by molar-refractivity contribution is 7.89. The van der Waals surface area contributed by atoms with Crippen LogP contribution in [0.3, 0.4) is 0 Å². The van der Waals surface area contributed by atoms with Crippen LogP contribution >= 0.6 is 0 Å². The highest BCUT2D eigenvalue weighted by Crippen LogP contribution is 2.15. The lowest BCUT2D eigenvalue weighted by Gasteiger charge is -2.09. The third kappa shape index (κ3) is 5.89. The van der Waals surface area contributed by atoms with Gasteiger partial charge in [0.05, 0.1) is 4.90 Å². The molecule has 10 heteroatoms. The molecule has 0 spiro atoms. The first kappa shape index (κ1) is 16.2. The fourth-order valence-electron chi connectivity index (χ4n) is 1.12. The van der Waals surface area contributed by atoms with Gasteiger partial charge in [0, 0.05) is 0 Å². The predicted molar refractivity (Wildman–Crippen MR) is 62.4 cm³/mol. The molecule has 0 radical (unpaired) electrons. The number of alkyl halides is 3. The van der Waals surface area contributed by atoms with E-state index in [2.05, 4.69) is 0 Å². The molecular weight excluding hydrogens is 301 g/mol. The van der Waals surface area contributed by atoms with Crippen molar-refractivity contribution in [3.63, 3.8) is 0 Å². The van der Waals surface area contributed by atoms with Crippen LogP contribution in [-0.2, 0) is 14.8 Å². The number of carbonyl (C=O) groups excluding carboxylic acids is 1. The lowest BCUT2D eigenvalue weighted by molar-refractivity contribution is -0.139. The Morgan fingerprint density at radius 2 is 1.80 bits per heavy atom. The van der Waals surface area contributed by atoms with E-state index in [1.165, 1.54) is 12.1 Å². The van der Waals surface area contributed by atoms with E-state index in [1.807, 2.05) is 0 Å². The summed E-state index contributed by atoms with van der Waals surface area (Å²) < 4.78 is 62.2. The molecule has 0 aliphatic rings. The standard InChI is InChI=1S/C10H11F3N2O4S/c11-10(12,13)6-15-9(16)5-19-7-1-3-8(4-2-7)20(14,17)18/h1-4H,5-6H2,(H,15,16)(H2,14,17,18). The summed E-state index contributed by atoms with van der Waals surface area (Å²) in [7, 11) is -3.84. The third-order valence-corrected chi connectivity index (χ3v) is 2.94. The molecule has 1 rings (SSSR count). The maximum Gasteiger partial charge on any atom is 0.405 e. The number of ether oxygens (including phenoxy) is 1. The lowest BCUT2D eigenvalue weighted by atomic mass is 10.3. The van der Waals surface area contributed by atoms with Crippen LogP contribution in [0.2, 0.25) is 0 Å². The van der Waals surface area contributed by atoms with Gasteiger partial charge in [0.25, 0.3) is 5.91 Å². The molecule has 0 unspecified atom stereocenters. The second-order valence-corrected chi connectivity index (χ2v) is 5.26. The summed E-state index contributed by atoms with van der Waals surface area (Å²) in [5, 5.41) is 6.49. The van der Waals surface area contributed by atoms with E-state index in [-0.39, 0.29) is 10.6 Å². The topological polar surface area (TPSA) is 98.5 Å². The van der Waals surface area contributed by atoms with E-state index in [9.17, 15) is 26.4 Å². The van der Waals surface area contributed by atoms with E-state index in [0.717, 1.165) is 12.1 Å². The van der Waals surface area contributed by atoms with E-state index in [0.29, 0.717) is 0 Å². The van der Waals surface area contributed by atoms with Crippen LogP contribution in [0.4, 0.5) is 13.2 Å². The molecular formula is C10H11F3N2O4S. The Balaban J connectivity index is 2.48. The quantitative estimate of drug-likeness (QED) is 0.821. The summed E-state index contributed by atoms with van der Waals surface area (Å²) >= 11 is 0. The first-order valence-electron chi connectivity index (χ1n) is 5.17. The van der Waals surface area contributed by atoms with Crippen molar-refractivity contribution < 1.29 is 31.1 Å². The van der Waals surface area contributed by atoms with E-state index in [1.54, 1.807) is 5.32 Å². The summed E-state index contributed by atoms with van der Waals surface area (Å²) in [5.41, 5.74) is 0. The molecule has 0 saturated heterocycles. The monoisotopic (exact) mass is 312 g/mol. The SMILES string of the molecule is NS(=O)(=O)c1ccc(OCC(=O)NCC(F)(F)F)cc1. The number of halogens is 3. The maximum atomic E-state index is 11.8. The Labute approximate surface area is 112 Å². The fraction of sp³-hybridized carbons (Fsp3) is 0.300. The number of primary sulfonamides is 1. The molecule has 0 aliphatic heterocycles. The van der Waals surface area contributed by atoms with Gasteiger partial charge in [0.2, 0.25) is 10.0 Å². The molecule has 6 nitrogen and oxygen atoms in total. The summed E-state index contributed by atoms with van der Waals surface area (Å²) in [6.07, 6.45) is -4.49. The molecule has 0 bridgehead atoms. The zero-order chi connectivity index (χ0) is 15.4. The second kappa shape index (κ2) is 6.09. The molecule has 0 saturated carbocycles. The van der Waals surface area contributed by atoms with Gasteiger partial charge in [-0.2, -0.15) is 13.2 Å². The minimum Gasteiger partial charge on any atom is -0.484 e. The number of amides is 1. The van der Waals surface area contributed by atoms with Gasteiger partial charge < -0.3 is 10.1 Å². The van der Waals surface area contributed by atoms with E-state index < -0.39 is 35.3 Å². The van der Waals surface area contributed by atoms with Gasteiger partial charge in [-0.05, 0) is 24.3 Å². The Bertz CT molecular complexity index is 569. The Hall–Kier alpha value is -1.81. The smallest absolute Gasteiger partial charge is 0.405 e. The van der Waals surface area contributed by atoms with Gasteiger partial charge in [-0.15, -0.1) is 0 Å². The Kier molecular flexibility index (Phi) is 4.95. The Morgan fingerprint density at radius 3 is 2.25 bits per heavy atom. The Morgan fingerprint density at radius 1 is 1.25 bits per heavy atom. The zero-order valence-corrected chi connectivity index (χ0v) is 10.8. The van der Waals surface area contributed by atoms with Crippen LogP contribution in [-0.4, -0.2) is 33.7 Å². The molecule has 1 amide bonds. The summed E-state index contributed by atoms with van der Waals surface area (Å²) in [6.45, 7) is -2.07. The van der Waals surface area contributed by atoms with Crippen molar-refractivity contribution in [3.05, 3.63) is 24.3 Å². The minimum atomic E-state index is -4.49. The number of nitrogens with one attached hydrogen (secondary N) is 1. The second-order valence-electron chi connectivity index (χ2n) is 3.70. The molecule has 1 aromatic rings. The molecule has 0 fully saturated rings. The average Bonchev–Trinajstić information content (AvgIpc) is 2.32. The van der Waals surface area contributed by atoms with E-state index in [4.69, 9.17) is 9.88 Å². The highest BCUT2D eigenvalue weighted by Gasteiger charge is 2.27. The molecule has 0 aliphatic carbocycles. The highest BCUT2D eigenvalue weighted by atomic mass is 32.2. The number of benzene rings is 1. The van der Waals surface area contributed by atoms with Crippen molar-refractivity contribution >= 4 is 15.9 Å². The number of nitrogens with two attached hydrogens (primary N) is 1. The summed E-state index contributed by atoms with van der Waals surface area (Å²) in [6, 6.07) is 4.77. The molecule has 0 heterocycles. The number of hydrogen-bond acceptors (Lipinski definition) is 4. The van der Waals surface area contributed by atoms with Crippen LogP contribution in [0, 0.1) is 0 Å². The molecule has 0 atom stereocenters. The van der Waals surface area contributed by atoms with Crippen molar-refractivity contribution in [1.82, 2.24) is 5.32 Å². The molecule has 112 valence electrons. The van der Waals surface area contributed by atoms with Crippen molar-refractivity contribution in [2.75, 3.05) is 13.2 Å². The summed E-state index contributed by atoms with van der Waals surface area (Å²) in [4.78, 5) is 10.9. The van der Waals surface area contributed by atoms with Gasteiger partial charge in [-0.1, -0.05) is 0 Å². The zero-order valence-electron chi connectivity index (χ0n) is 9.98. The fourth-order valence-corrected chi connectivity index (χ4v) is 1.64. The number of hydrogen-bond donors (Lipinski definition) is 2.